The van der Waals surface area contributed by atoms with Gasteiger partial charge >= 0.3 is 6.09 Å². The lowest BCUT2D eigenvalue weighted by Crippen LogP contribution is -2.44. The van der Waals surface area contributed by atoms with Gasteiger partial charge in [-0.15, -0.1) is 0 Å². The number of ether oxygens (including phenoxy) is 1. The molecular weight excluding hydrogens is 557 g/mol. The first kappa shape index (κ1) is 23.3. The van der Waals surface area contributed by atoms with Crippen LogP contribution in [0.5, 0.6) is 11.6 Å². The van der Waals surface area contributed by atoms with Crippen LogP contribution in [0.25, 0.3) is 22.0 Å². The number of hydrogen-bond donors (Lipinski definition) is 2. The third kappa shape index (κ3) is 5.00. The van der Waals surface area contributed by atoms with E-state index >= 15 is 0 Å². The van der Waals surface area contributed by atoms with Crippen LogP contribution in [-0.4, -0.2) is 50.2 Å². The van der Waals surface area contributed by atoms with E-state index in [1.54, 1.807) is 12.4 Å². The van der Waals surface area contributed by atoms with E-state index in [1.165, 1.54) is 4.90 Å². The first-order chi connectivity index (χ1) is 17.0. The molecule has 1 unspecified atom stereocenters. The molecule has 2 aromatic heterocycles. The quantitative estimate of drug-likeness (QED) is 0.281. The van der Waals surface area contributed by atoms with Crippen molar-refractivity contribution >= 4 is 45.4 Å². The number of rotatable bonds is 5. The van der Waals surface area contributed by atoms with Crippen molar-refractivity contribution in [3.05, 3.63) is 70.1 Å². The molecule has 1 amide bonds. The number of nitrogens with one attached hydrogen (secondary N) is 1. The standard InChI is InChI=1S/C26H24IN5O3/c1-16-9-10-18-19(6-2-8-21(18)27)23(16)35-24-20(7-3-12-28-24)22-11-13-29-25(31-22)30-17-5-4-14-32(15-17)26(33)34/h2-3,6-13,17H,4-5,14-15H2,1H3,(H,33,34)(H,29,30,31). The minimum Gasteiger partial charge on any atom is -0.465 e. The summed E-state index contributed by atoms with van der Waals surface area (Å²) in [6.07, 6.45) is 4.14. The van der Waals surface area contributed by atoms with E-state index in [0.717, 1.165) is 44.1 Å². The van der Waals surface area contributed by atoms with Gasteiger partial charge in [-0.05, 0) is 77.6 Å². The lowest BCUT2D eigenvalue weighted by atomic mass is 10.1. The van der Waals surface area contributed by atoms with Gasteiger partial charge in [0.1, 0.15) is 5.75 Å². The smallest absolute Gasteiger partial charge is 0.407 e. The number of aryl methyl sites for hydroxylation is 1. The number of carboxylic acid groups (broad SMARTS) is 1. The Hall–Kier alpha value is -3.47. The Bertz CT molecular complexity index is 1400. The van der Waals surface area contributed by atoms with Gasteiger partial charge in [0.25, 0.3) is 0 Å². The molecule has 1 saturated heterocycles. The first-order valence-electron chi connectivity index (χ1n) is 11.4. The Kier molecular flexibility index (Phi) is 6.67. The second-order valence-electron chi connectivity index (χ2n) is 8.48. The third-order valence-corrected chi connectivity index (χ3v) is 7.02. The van der Waals surface area contributed by atoms with E-state index in [1.807, 2.05) is 31.2 Å². The summed E-state index contributed by atoms with van der Waals surface area (Å²) >= 11 is 2.33. The molecule has 1 aliphatic rings. The number of likely N-dealkylation sites (tertiary alicyclic amines) is 1. The van der Waals surface area contributed by atoms with Crippen molar-refractivity contribution in [2.75, 3.05) is 18.4 Å². The highest BCUT2D eigenvalue weighted by atomic mass is 127. The lowest BCUT2D eigenvalue weighted by Gasteiger charge is -2.31. The molecule has 0 saturated carbocycles. The van der Waals surface area contributed by atoms with Crippen molar-refractivity contribution in [3.8, 4) is 22.9 Å². The number of fused-ring (bicyclic) bond motifs is 1. The number of nitrogens with zero attached hydrogens (tertiary/aromatic N) is 4. The fourth-order valence-electron chi connectivity index (χ4n) is 4.33. The van der Waals surface area contributed by atoms with Gasteiger partial charge < -0.3 is 20.1 Å². The van der Waals surface area contributed by atoms with Crippen LogP contribution in [0.3, 0.4) is 0 Å². The molecular formula is C26H24IN5O3. The summed E-state index contributed by atoms with van der Waals surface area (Å²) in [6.45, 7) is 2.98. The van der Waals surface area contributed by atoms with Crippen molar-refractivity contribution < 1.29 is 14.6 Å². The van der Waals surface area contributed by atoms with Crippen LogP contribution in [0.1, 0.15) is 18.4 Å². The van der Waals surface area contributed by atoms with Crippen LogP contribution in [0.2, 0.25) is 0 Å². The number of halogens is 1. The minimum atomic E-state index is -0.901. The molecule has 178 valence electrons. The molecule has 2 N–H and O–H groups in total. The molecule has 0 radical (unpaired) electrons. The van der Waals surface area contributed by atoms with Crippen molar-refractivity contribution in [1.82, 2.24) is 19.9 Å². The van der Waals surface area contributed by atoms with Crippen molar-refractivity contribution in [3.63, 3.8) is 0 Å². The largest absolute Gasteiger partial charge is 0.465 e. The van der Waals surface area contributed by atoms with Crippen molar-refractivity contribution in [1.29, 1.82) is 0 Å². The number of anilines is 1. The molecule has 1 aliphatic heterocycles. The van der Waals surface area contributed by atoms with E-state index in [4.69, 9.17) is 9.72 Å². The van der Waals surface area contributed by atoms with Gasteiger partial charge in [-0.3, -0.25) is 0 Å². The maximum absolute atomic E-state index is 11.3. The second kappa shape index (κ2) is 10.0. The molecule has 0 spiro atoms. The Morgan fingerprint density at radius 3 is 2.86 bits per heavy atom. The van der Waals surface area contributed by atoms with Crippen LogP contribution in [0.15, 0.2) is 60.9 Å². The number of pyridine rings is 1. The lowest BCUT2D eigenvalue weighted by molar-refractivity contribution is 0.132. The van der Waals surface area contributed by atoms with E-state index in [2.05, 4.69) is 62.1 Å². The predicted octanol–water partition coefficient (Wildman–Crippen LogP) is 5.95. The predicted molar refractivity (Wildman–Crippen MR) is 143 cm³/mol. The Labute approximate surface area is 216 Å². The number of piperidine rings is 1. The van der Waals surface area contributed by atoms with Crippen molar-refractivity contribution in [2.24, 2.45) is 0 Å². The van der Waals surface area contributed by atoms with Gasteiger partial charge in [-0.2, -0.15) is 0 Å². The van der Waals surface area contributed by atoms with Gasteiger partial charge in [0, 0.05) is 40.5 Å². The normalized spacial score (nSPS) is 15.7. The molecule has 3 heterocycles. The highest BCUT2D eigenvalue weighted by Gasteiger charge is 2.24. The zero-order valence-electron chi connectivity index (χ0n) is 19.1. The zero-order valence-corrected chi connectivity index (χ0v) is 21.3. The van der Waals surface area contributed by atoms with Crippen LogP contribution >= 0.6 is 22.6 Å². The summed E-state index contributed by atoms with van der Waals surface area (Å²) in [7, 11) is 0. The average Bonchev–Trinajstić information content (AvgIpc) is 2.86. The summed E-state index contributed by atoms with van der Waals surface area (Å²) in [4.78, 5) is 26.3. The Morgan fingerprint density at radius 1 is 1.11 bits per heavy atom. The summed E-state index contributed by atoms with van der Waals surface area (Å²) in [5, 5.41) is 14.8. The molecule has 35 heavy (non-hydrogen) atoms. The average molecular weight is 581 g/mol. The molecule has 5 rings (SSSR count). The fraction of sp³-hybridized carbons (Fsp3) is 0.231. The van der Waals surface area contributed by atoms with Crippen LogP contribution in [0, 0.1) is 10.5 Å². The molecule has 2 aromatic carbocycles. The van der Waals surface area contributed by atoms with Gasteiger partial charge in [-0.1, -0.05) is 24.3 Å². The Balaban J connectivity index is 1.45. The van der Waals surface area contributed by atoms with E-state index in [9.17, 15) is 9.90 Å². The molecule has 8 nitrogen and oxygen atoms in total. The number of amides is 1. The van der Waals surface area contributed by atoms with Crippen LogP contribution < -0.4 is 10.1 Å². The number of aromatic nitrogens is 3. The van der Waals surface area contributed by atoms with E-state index in [0.29, 0.717) is 30.6 Å². The van der Waals surface area contributed by atoms with E-state index in [-0.39, 0.29) is 6.04 Å². The number of benzene rings is 2. The topological polar surface area (TPSA) is 100 Å². The molecule has 0 bridgehead atoms. The van der Waals surface area contributed by atoms with Gasteiger partial charge in [-0.25, -0.2) is 19.7 Å². The summed E-state index contributed by atoms with van der Waals surface area (Å²) < 4.78 is 7.58. The molecule has 4 aromatic rings. The highest BCUT2D eigenvalue weighted by Crippen LogP contribution is 2.37. The monoisotopic (exact) mass is 581 g/mol. The highest BCUT2D eigenvalue weighted by molar-refractivity contribution is 14.1. The van der Waals surface area contributed by atoms with Gasteiger partial charge in [0.2, 0.25) is 11.8 Å². The minimum absolute atomic E-state index is 0.0412. The Morgan fingerprint density at radius 2 is 2.00 bits per heavy atom. The third-order valence-electron chi connectivity index (χ3n) is 6.08. The van der Waals surface area contributed by atoms with Crippen LogP contribution in [-0.2, 0) is 0 Å². The molecule has 1 fully saturated rings. The molecule has 0 aliphatic carbocycles. The fourth-order valence-corrected chi connectivity index (χ4v) is 5.01. The van der Waals surface area contributed by atoms with Gasteiger partial charge in [0.05, 0.1) is 11.3 Å². The summed E-state index contributed by atoms with van der Waals surface area (Å²) in [5.41, 5.74) is 2.43. The number of hydrogen-bond acceptors (Lipinski definition) is 6. The van der Waals surface area contributed by atoms with Crippen molar-refractivity contribution in [2.45, 2.75) is 25.8 Å². The van der Waals surface area contributed by atoms with E-state index < -0.39 is 6.09 Å². The molecule has 9 heteroatoms. The SMILES string of the molecule is Cc1ccc2c(I)cccc2c1Oc1ncccc1-c1ccnc(NC2CCCN(C(=O)O)C2)n1. The maximum atomic E-state index is 11.3. The summed E-state index contributed by atoms with van der Waals surface area (Å²) in [6, 6.07) is 15.9. The van der Waals surface area contributed by atoms with Crippen LogP contribution in [0.4, 0.5) is 10.7 Å². The number of carbonyl (C=O) groups is 1. The first-order valence-corrected chi connectivity index (χ1v) is 12.5. The van der Waals surface area contributed by atoms with Gasteiger partial charge in [0.15, 0.2) is 0 Å². The molecule has 1 atom stereocenters. The second-order valence-corrected chi connectivity index (χ2v) is 9.64. The summed E-state index contributed by atoms with van der Waals surface area (Å²) in [5.74, 6) is 1.68. The zero-order chi connectivity index (χ0) is 24.4. The maximum Gasteiger partial charge on any atom is 0.407 e.